The number of rotatable bonds is 4. The molecule has 3 aromatic rings. The smallest absolute Gasteiger partial charge is 0.308 e. The number of hydrogen-bond acceptors (Lipinski definition) is 4. The summed E-state index contributed by atoms with van der Waals surface area (Å²) in [6.45, 7) is 1.77. The van der Waals surface area contributed by atoms with E-state index >= 15 is 0 Å². The Hall–Kier alpha value is -2.74. The summed E-state index contributed by atoms with van der Waals surface area (Å²) < 4.78 is 16.6. The van der Waals surface area contributed by atoms with Crippen molar-refractivity contribution in [2.45, 2.75) is 38.8 Å². The summed E-state index contributed by atoms with van der Waals surface area (Å²) in [6.07, 6.45) is 4.60. The van der Waals surface area contributed by atoms with Gasteiger partial charge in [-0.15, -0.1) is 0 Å². The van der Waals surface area contributed by atoms with E-state index in [1.807, 2.05) is 24.9 Å². The van der Waals surface area contributed by atoms with Crippen LogP contribution in [0.3, 0.4) is 0 Å². The first-order valence-electron chi connectivity index (χ1n) is 9.20. The van der Waals surface area contributed by atoms with Crippen LogP contribution < -0.4 is 10.2 Å². The molecule has 28 heavy (non-hydrogen) atoms. The summed E-state index contributed by atoms with van der Waals surface area (Å²) in [5.41, 5.74) is 3.58. The molecule has 0 saturated heterocycles. The molecule has 0 radical (unpaired) electrons. The Labute approximate surface area is 165 Å². The predicted octanol–water partition coefficient (Wildman–Crippen LogP) is 2.95. The zero-order valence-electron chi connectivity index (χ0n) is 15.7. The predicted molar refractivity (Wildman–Crippen MR) is 106 cm³/mol. The number of amides is 1. The minimum absolute atomic E-state index is 0.0675. The van der Waals surface area contributed by atoms with Gasteiger partial charge in [-0.3, -0.25) is 18.8 Å². The second-order valence-electron chi connectivity index (χ2n) is 7.05. The van der Waals surface area contributed by atoms with E-state index in [2.05, 4.69) is 10.4 Å². The van der Waals surface area contributed by atoms with Gasteiger partial charge in [0, 0.05) is 23.2 Å². The van der Waals surface area contributed by atoms with Crippen LogP contribution in [-0.4, -0.2) is 20.3 Å². The van der Waals surface area contributed by atoms with Crippen molar-refractivity contribution in [3.63, 3.8) is 0 Å². The zero-order chi connectivity index (χ0) is 19.8. The number of thiazole rings is 1. The number of nitrogens with zero attached hydrogens (tertiary/aromatic N) is 3. The fraction of sp³-hybridized carbons (Fsp3) is 0.350. The molecular weight excluding hydrogens is 379 g/mol. The highest BCUT2D eigenvalue weighted by atomic mass is 32.1. The summed E-state index contributed by atoms with van der Waals surface area (Å²) in [6, 6.07) is 5.87. The van der Waals surface area contributed by atoms with Crippen molar-refractivity contribution < 1.29 is 9.18 Å². The third-order valence-corrected chi connectivity index (χ3v) is 6.09. The summed E-state index contributed by atoms with van der Waals surface area (Å²) in [7, 11) is 1.91. The molecule has 8 heteroatoms. The van der Waals surface area contributed by atoms with Crippen LogP contribution in [0.15, 0.2) is 35.3 Å². The normalized spacial score (nSPS) is 16.0. The lowest BCUT2D eigenvalue weighted by Crippen LogP contribution is -2.35. The second-order valence-corrected chi connectivity index (χ2v) is 8.21. The van der Waals surface area contributed by atoms with E-state index in [1.54, 1.807) is 12.1 Å². The van der Waals surface area contributed by atoms with Gasteiger partial charge in [0.25, 0.3) is 0 Å². The van der Waals surface area contributed by atoms with Crippen LogP contribution in [0.2, 0.25) is 0 Å². The number of carbonyl (C=O) groups is 1. The third kappa shape index (κ3) is 3.40. The van der Waals surface area contributed by atoms with Crippen molar-refractivity contribution in [3.8, 4) is 11.3 Å². The maximum Gasteiger partial charge on any atom is 0.308 e. The monoisotopic (exact) mass is 400 g/mol. The number of aromatic nitrogens is 3. The molecule has 0 fully saturated rings. The molecule has 146 valence electrons. The van der Waals surface area contributed by atoms with E-state index in [-0.39, 0.29) is 29.2 Å². The Balaban J connectivity index is 1.58. The highest BCUT2D eigenvalue weighted by Gasteiger charge is 2.25. The zero-order valence-corrected chi connectivity index (χ0v) is 16.6. The fourth-order valence-electron chi connectivity index (χ4n) is 3.87. The van der Waals surface area contributed by atoms with Gasteiger partial charge in [0.15, 0.2) is 0 Å². The van der Waals surface area contributed by atoms with E-state index in [0.717, 1.165) is 52.3 Å². The van der Waals surface area contributed by atoms with Gasteiger partial charge in [0.1, 0.15) is 12.4 Å². The average molecular weight is 400 g/mol. The molecule has 0 spiro atoms. The first kappa shape index (κ1) is 18.6. The van der Waals surface area contributed by atoms with E-state index in [1.165, 1.54) is 16.7 Å². The Morgan fingerprint density at radius 3 is 2.86 bits per heavy atom. The SMILES string of the molecule is Cc1sc(=O)n(CC(=O)N[C@@H]2CCCc3c2cnn3C)c1-c1ccc(F)cc1. The van der Waals surface area contributed by atoms with E-state index in [0.29, 0.717) is 5.69 Å². The molecule has 0 saturated carbocycles. The topological polar surface area (TPSA) is 68.9 Å². The number of benzene rings is 1. The Morgan fingerprint density at radius 2 is 2.11 bits per heavy atom. The first-order valence-corrected chi connectivity index (χ1v) is 10.0. The number of carbonyl (C=O) groups excluding carboxylic acids is 1. The number of halogens is 1. The van der Waals surface area contributed by atoms with E-state index < -0.39 is 0 Å². The molecule has 1 aromatic carbocycles. The van der Waals surface area contributed by atoms with Gasteiger partial charge in [-0.2, -0.15) is 5.10 Å². The number of aryl methyl sites for hydroxylation is 2. The summed E-state index contributed by atoms with van der Waals surface area (Å²) >= 11 is 1.10. The maximum absolute atomic E-state index is 13.3. The highest BCUT2D eigenvalue weighted by Crippen LogP contribution is 2.29. The van der Waals surface area contributed by atoms with Crippen LogP contribution in [0.4, 0.5) is 4.39 Å². The second kappa shape index (κ2) is 7.35. The van der Waals surface area contributed by atoms with Crippen molar-refractivity contribution in [1.29, 1.82) is 0 Å². The fourth-order valence-corrected chi connectivity index (χ4v) is 4.72. The van der Waals surface area contributed by atoms with Gasteiger partial charge < -0.3 is 5.32 Å². The quantitative estimate of drug-likeness (QED) is 0.732. The minimum atomic E-state index is -0.340. The first-order chi connectivity index (χ1) is 13.4. The third-order valence-electron chi connectivity index (χ3n) is 5.19. The maximum atomic E-state index is 13.3. The van der Waals surface area contributed by atoms with Gasteiger partial charge in [0.05, 0.1) is 17.9 Å². The standard InChI is InChI=1S/C20H21FN4O2S/c1-12-19(13-6-8-14(21)9-7-13)25(20(27)28-12)11-18(26)23-16-4-3-5-17-15(16)10-22-24(17)2/h6-10,16H,3-5,11H2,1-2H3,(H,23,26)/t16-/m1/s1. The summed E-state index contributed by atoms with van der Waals surface area (Å²) in [5.74, 6) is -0.558. The lowest BCUT2D eigenvalue weighted by molar-refractivity contribution is -0.122. The summed E-state index contributed by atoms with van der Waals surface area (Å²) in [4.78, 5) is 25.8. The van der Waals surface area contributed by atoms with Gasteiger partial charge >= 0.3 is 4.87 Å². The van der Waals surface area contributed by atoms with Crippen LogP contribution in [0.25, 0.3) is 11.3 Å². The lowest BCUT2D eigenvalue weighted by atomic mass is 9.93. The largest absolute Gasteiger partial charge is 0.348 e. The highest BCUT2D eigenvalue weighted by molar-refractivity contribution is 7.09. The average Bonchev–Trinajstić information content (AvgIpc) is 3.17. The van der Waals surface area contributed by atoms with Crippen molar-refractivity contribution in [1.82, 2.24) is 19.7 Å². The molecular formula is C20H21FN4O2S. The molecule has 6 nitrogen and oxygen atoms in total. The molecule has 0 aliphatic heterocycles. The van der Waals surface area contributed by atoms with Crippen molar-refractivity contribution in [2.75, 3.05) is 0 Å². The summed E-state index contributed by atoms with van der Waals surface area (Å²) in [5, 5.41) is 7.35. The molecule has 1 N–H and O–H groups in total. The minimum Gasteiger partial charge on any atom is -0.348 e. The van der Waals surface area contributed by atoms with Crippen LogP contribution in [-0.2, 0) is 24.8 Å². The Morgan fingerprint density at radius 1 is 1.36 bits per heavy atom. The molecule has 2 heterocycles. The molecule has 4 rings (SSSR count). The van der Waals surface area contributed by atoms with Crippen LogP contribution in [0.5, 0.6) is 0 Å². The molecule has 2 aromatic heterocycles. The van der Waals surface area contributed by atoms with Crippen molar-refractivity contribution >= 4 is 17.2 Å². The van der Waals surface area contributed by atoms with Gasteiger partial charge in [-0.25, -0.2) is 4.39 Å². The van der Waals surface area contributed by atoms with Crippen LogP contribution in [0.1, 0.15) is 35.0 Å². The molecule has 1 atom stereocenters. The molecule has 1 aliphatic carbocycles. The number of hydrogen-bond donors (Lipinski definition) is 1. The number of fused-ring (bicyclic) bond motifs is 1. The Bertz CT molecular complexity index is 1080. The van der Waals surface area contributed by atoms with Gasteiger partial charge in [0.2, 0.25) is 5.91 Å². The lowest BCUT2D eigenvalue weighted by Gasteiger charge is -2.24. The van der Waals surface area contributed by atoms with Gasteiger partial charge in [-0.1, -0.05) is 11.3 Å². The number of nitrogens with one attached hydrogen (secondary N) is 1. The molecule has 1 aliphatic rings. The van der Waals surface area contributed by atoms with Crippen molar-refractivity contribution in [2.24, 2.45) is 7.05 Å². The van der Waals surface area contributed by atoms with Crippen molar-refractivity contribution in [3.05, 3.63) is 62.1 Å². The molecule has 0 bridgehead atoms. The van der Waals surface area contributed by atoms with Gasteiger partial charge in [-0.05, 0) is 56.0 Å². The van der Waals surface area contributed by atoms with E-state index in [4.69, 9.17) is 0 Å². The van der Waals surface area contributed by atoms with E-state index in [9.17, 15) is 14.0 Å². The molecule has 0 unspecified atom stereocenters. The van der Waals surface area contributed by atoms with Crippen LogP contribution >= 0.6 is 11.3 Å². The molecule has 1 amide bonds. The van der Waals surface area contributed by atoms with Crippen LogP contribution in [0, 0.1) is 12.7 Å². The Kier molecular flexibility index (Phi) is 4.89.